The molecular weight excluding hydrogens is 303 g/mol. The van der Waals surface area contributed by atoms with Crippen molar-refractivity contribution in [2.24, 2.45) is 11.8 Å². The second-order valence-electron chi connectivity index (χ2n) is 6.05. The van der Waals surface area contributed by atoms with Crippen LogP contribution >= 0.6 is 7.60 Å². The molecule has 0 bridgehead atoms. The van der Waals surface area contributed by atoms with Crippen LogP contribution in [0.5, 0.6) is 0 Å². The van der Waals surface area contributed by atoms with Gasteiger partial charge in [-0.1, -0.05) is 27.2 Å². The van der Waals surface area contributed by atoms with E-state index in [2.05, 4.69) is 20.8 Å². The van der Waals surface area contributed by atoms with Crippen LogP contribution in [0.1, 0.15) is 46.5 Å². The molecule has 0 N–H and O–H groups in total. The van der Waals surface area contributed by atoms with E-state index in [1.54, 1.807) is 14.2 Å². The normalized spacial score (nSPS) is 17.1. The van der Waals surface area contributed by atoms with Crippen LogP contribution in [0.3, 0.4) is 0 Å². The lowest BCUT2D eigenvalue weighted by Gasteiger charge is -2.22. The maximum Gasteiger partial charge on any atom is 0.330 e. The molecule has 0 radical (unpaired) electrons. The van der Waals surface area contributed by atoms with E-state index in [0.717, 1.165) is 25.7 Å². The minimum Gasteiger partial charge on any atom is -0.385 e. The summed E-state index contributed by atoms with van der Waals surface area (Å²) in [7, 11) is 0.380. The fourth-order valence-electron chi connectivity index (χ4n) is 1.80. The third-order valence-electron chi connectivity index (χ3n) is 3.53. The Labute approximate surface area is 136 Å². The number of ether oxygens (including phenoxy) is 2. The summed E-state index contributed by atoms with van der Waals surface area (Å²) in [6.07, 6.45) is 4.13. The minimum absolute atomic E-state index is 0.310. The zero-order valence-electron chi connectivity index (χ0n) is 15.0. The number of hydrogen-bond acceptors (Lipinski definition) is 5. The van der Waals surface area contributed by atoms with E-state index in [1.807, 2.05) is 0 Å². The molecule has 0 saturated carbocycles. The van der Waals surface area contributed by atoms with Crippen molar-refractivity contribution in [1.29, 1.82) is 0 Å². The lowest BCUT2D eigenvalue weighted by Crippen LogP contribution is -2.13. The Hall–Kier alpha value is 0.0700. The summed E-state index contributed by atoms with van der Waals surface area (Å²) >= 11 is 0. The van der Waals surface area contributed by atoms with Crippen LogP contribution in [0.4, 0.5) is 0 Å². The average Bonchev–Trinajstić information content (AvgIpc) is 2.52. The highest BCUT2D eigenvalue weighted by Gasteiger charge is 2.25. The first kappa shape index (κ1) is 22.1. The first-order valence-corrected chi connectivity index (χ1v) is 10.1. The topological polar surface area (TPSA) is 54.0 Å². The molecule has 0 aliphatic carbocycles. The van der Waals surface area contributed by atoms with Crippen molar-refractivity contribution in [3.8, 4) is 0 Å². The van der Waals surface area contributed by atoms with Gasteiger partial charge in [0.25, 0.3) is 0 Å². The number of hydrogen-bond donors (Lipinski definition) is 0. The molecule has 0 fully saturated rings. The first-order valence-electron chi connectivity index (χ1n) is 8.33. The van der Waals surface area contributed by atoms with Gasteiger partial charge < -0.3 is 18.5 Å². The molecule has 5 nitrogen and oxygen atoms in total. The summed E-state index contributed by atoms with van der Waals surface area (Å²) < 4.78 is 34.3. The molecule has 6 heteroatoms. The lowest BCUT2D eigenvalue weighted by atomic mass is 10.1. The first-order chi connectivity index (χ1) is 10.5. The molecule has 22 heavy (non-hydrogen) atoms. The molecule has 0 aliphatic heterocycles. The van der Waals surface area contributed by atoms with Gasteiger partial charge in [-0.05, 0) is 31.1 Å². The van der Waals surface area contributed by atoms with Gasteiger partial charge in [-0.25, -0.2) is 0 Å². The van der Waals surface area contributed by atoms with Crippen LogP contribution in [-0.4, -0.2) is 46.8 Å². The zero-order chi connectivity index (χ0) is 16.8. The second kappa shape index (κ2) is 13.5. The molecule has 0 aromatic heterocycles. The van der Waals surface area contributed by atoms with Gasteiger partial charge in [0.1, 0.15) is 0 Å². The van der Waals surface area contributed by atoms with Gasteiger partial charge in [0.05, 0.1) is 19.4 Å². The molecule has 0 amide bonds. The van der Waals surface area contributed by atoms with E-state index in [1.165, 1.54) is 0 Å². The van der Waals surface area contributed by atoms with Crippen molar-refractivity contribution in [3.05, 3.63) is 0 Å². The summed E-state index contributed by atoms with van der Waals surface area (Å²) in [5.74, 6) is 0.619. The molecule has 0 spiro atoms. The van der Waals surface area contributed by atoms with Crippen molar-refractivity contribution >= 4 is 7.60 Å². The van der Waals surface area contributed by atoms with Crippen LogP contribution in [0.2, 0.25) is 0 Å². The third kappa shape index (κ3) is 11.6. The molecule has 2 unspecified atom stereocenters. The van der Waals surface area contributed by atoms with E-state index in [4.69, 9.17) is 18.5 Å². The molecule has 2 atom stereocenters. The molecule has 0 aromatic rings. The highest BCUT2D eigenvalue weighted by molar-refractivity contribution is 7.53. The molecular formula is C16H35O5P. The Balaban J connectivity index is 4.29. The van der Waals surface area contributed by atoms with Crippen molar-refractivity contribution in [3.63, 3.8) is 0 Å². The van der Waals surface area contributed by atoms with E-state index in [-0.39, 0.29) is 0 Å². The highest BCUT2D eigenvalue weighted by Crippen LogP contribution is 2.49. The minimum atomic E-state index is -2.99. The number of methoxy groups -OCH3 is 2. The predicted molar refractivity (Wildman–Crippen MR) is 90.6 cm³/mol. The van der Waals surface area contributed by atoms with Gasteiger partial charge in [0.2, 0.25) is 0 Å². The van der Waals surface area contributed by atoms with Gasteiger partial charge in [-0.3, -0.25) is 4.57 Å². The maximum atomic E-state index is 12.8. The molecule has 0 rings (SSSR count). The quantitative estimate of drug-likeness (QED) is 0.415. The fraction of sp³-hybridized carbons (Fsp3) is 1.00. The Morgan fingerprint density at radius 1 is 0.909 bits per heavy atom. The average molecular weight is 338 g/mol. The fourth-order valence-corrected chi connectivity index (χ4v) is 3.80. The molecule has 0 saturated heterocycles. The molecule has 0 aromatic carbocycles. The van der Waals surface area contributed by atoms with Crippen LogP contribution in [0, 0.1) is 11.8 Å². The largest absolute Gasteiger partial charge is 0.385 e. The lowest BCUT2D eigenvalue weighted by molar-refractivity contribution is 0.129. The predicted octanol–water partition coefficient (Wildman–Crippen LogP) is 4.36. The van der Waals surface area contributed by atoms with Crippen molar-refractivity contribution in [2.75, 3.05) is 46.8 Å². The van der Waals surface area contributed by atoms with Crippen molar-refractivity contribution < 1.29 is 23.1 Å². The summed E-state index contributed by atoms with van der Waals surface area (Å²) in [4.78, 5) is 0. The standard InChI is InChI=1S/C16H35O5P/c1-6-7-12-22(17,20-13-15(2)8-10-18-4)21-14-16(3)9-11-19-5/h15-16H,6-14H2,1-5H3. The van der Waals surface area contributed by atoms with E-state index < -0.39 is 7.60 Å². The van der Waals surface area contributed by atoms with Gasteiger partial charge >= 0.3 is 7.60 Å². The summed E-state index contributed by atoms with van der Waals surface area (Å²) in [5, 5.41) is 0. The number of unbranched alkanes of at least 4 members (excludes halogenated alkanes) is 1. The van der Waals surface area contributed by atoms with Crippen molar-refractivity contribution in [2.45, 2.75) is 46.5 Å². The molecule has 0 heterocycles. The Bertz CT molecular complexity index is 276. The van der Waals surface area contributed by atoms with Crippen LogP contribution in [0.15, 0.2) is 0 Å². The SMILES string of the molecule is CCCCP(=O)(OCC(C)CCOC)OCC(C)CCOC. The summed E-state index contributed by atoms with van der Waals surface area (Å²) in [6, 6.07) is 0. The Kier molecular flexibility index (Phi) is 13.5. The van der Waals surface area contributed by atoms with Gasteiger partial charge in [-0.2, -0.15) is 0 Å². The van der Waals surface area contributed by atoms with E-state index >= 15 is 0 Å². The Morgan fingerprint density at radius 3 is 1.73 bits per heavy atom. The van der Waals surface area contributed by atoms with Gasteiger partial charge in [-0.15, -0.1) is 0 Å². The van der Waals surface area contributed by atoms with Crippen LogP contribution in [0.25, 0.3) is 0 Å². The zero-order valence-corrected chi connectivity index (χ0v) is 15.9. The highest BCUT2D eigenvalue weighted by atomic mass is 31.2. The van der Waals surface area contributed by atoms with E-state index in [9.17, 15) is 4.57 Å². The monoisotopic (exact) mass is 338 g/mol. The third-order valence-corrected chi connectivity index (χ3v) is 5.48. The van der Waals surface area contributed by atoms with Gasteiger partial charge in [0.15, 0.2) is 0 Å². The van der Waals surface area contributed by atoms with Crippen LogP contribution < -0.4 is 0 Å². The van der Waals surface area contributed by atoms with Crippen LogP contribution in [-0.2, 0) is 23.1 Å². The van der Waals surface area contributed by atoms with E-state index in [0.29, 0.717) is 44.4 Å². The van der Waals surface area contributed by atoms with Crippen molar-refractivity contribution in [1.82, 2.24) is 0 Å². The smallest absolute Gasteiger partial charge is 0.330 e. The summed E-state index contributed by atoms with van der Waals surface area (Å²) in [5.41, 5.74) is 0. The number of rotatable bonds is 15. The Morgan fingerprint density at radius 2 is 1.36 bits per heavy atom. The maximum absolute atomic E-state index is 12.8. The summed E-state index contributed by atoms with van der Waals surface area (Å²) in [6.45, 7) is 8.52. The van der Waals surface area contributed by atoms with Gasteiger partial charge in [0, 0.05) is 27.4 Å². The molecule has 134 valence electrons. The second-order valence-corrected chi connectivity index (χ2v) is 8.24. The molecule has 0 aliphatic rings.